The van der Waals surface area contributed by atoms with Gasteiger partial charge in [0.2, 0.25) is 0 Å². The lowest BCUT2D eigenvalue weighted by Crippen LogP contribution is -2.44. The van der Waals surface area contributed by atoms with Gasteiger partial charge in [-0.2, -0.15) is 0 Å². The van der Waals surface area contributed by atoms with Crippen molar-refractivity contribution in [3.8, 4) is 0 Å². The van der Waals surface area contributed by atoms with Gasteiger partial charge in [-0.25, -0.2) is 4.39 Å². The molecule has 1 aromatic heterocycles. The molecule has 2 aliphatic heterocycles. The molecule has 3 heterocycles. The van der Waals surface area contributed by atoms with Crippen LogP contribution in [0.3, 0.4) is 0 Å². The normalized spacial score (nSPS) is 20.2. The highest BCUT2D eigenvalue weighted by atomic mass is 19.1. The standard InChI is InChI=1S/C25H35FN4O2/c1-2-27-24(28-18-22(23-9-6-14-32-23)30-12-3-4-13-30)29-19-25(10-15-31-16-11-25)20-7-5-8-21(26)17-20/h5-9,14,17,22H,2-4,10-13,15-16,18-19H2,1H3,(H2,27,28,29). The lowest BCUT2D eigenvalue weighted by molar-refractivity contribution is 0.0530. The summed E-state index contributed by atoms with van der Waals surface area (Å²) in [7, 11) is 0. The van der Waals surface area contributed by atoms with Gasteiger partial charge in [-0.15, -0.1) is 0 Å². The molecule has 0 spiro atoms. The van der Waals surface area contributed by atoms with Gasteiger partial charge in [-0.3, -0.25) is 9.89 Å². The van der Waals surface area contributed by atoms with Gasteiger partial charge in [-0.05, 0) is 75.5 Å². The minimum absolute atomic E-state index is 0.177. The van der Waals surface area contributed by atoms with Gasteiger partial charge < -0.3 is 19.8 Å². The number of rotatable bonds is 8. The molecule has 0 radical (unpaired) electrons. The fourth-order valence-corrected chi connectivity index (χ4v) is 4.83. The molecule has 32 heavy (non-hydrogen) atoms. The summed E-state index contributed by atoms with van der Waals surface area (Å²) in [6.07, 6.45) is 5.86. The Kier molecular flexibility index (Phi) is 7.81. The van der Waals surface area contributed by atoms with Crippen LogP contribution in [0.1, 0.15) is 50.0 Å². The summed E-state index contributed by atoms with van der Waals surface area (Å²) in [6, 6.07) is 11.1. The van der Waals surface area contributed by atoms with Crippen molar-refractivity contribution < 1.29 is 13.5 Å². The third kappa shape index (κ3) is 5.51. The molecule has 1 unspecified atom stereocenters. The second-order valence-electron chi connectivity index (χ2n) is 8.75. The highest BCUT2D eigenvalue weighted by Gasteiger charge is 2.35. The van der Waals surface area contributed by atoms with Crippen LogP contribution in [0.2, 0.25) is 0 Å². The number of likely N-dealkylation sites (tertiary alicyclic amines) is 1. The lowest BCUT2D eigenvalue weighted by atomic mass is 9.74. The largest absolute Gasteiger partial charge is 0.468 e. The van der Waals surface area contributed by atoms with Crippen LogP contribution in [0.25, 0.3) is 0 Å². The topological polar surface area (TPSA) is 62.0 Å². The predicted octanol–water partition coefficient (Wildman–Crippen LogP) is 3.86. The van der Waals surface area contributed by atoms with Crippen molar-refractivity contribution in [1.29, 1.82) is 0 Å². The second kappa shape index (κ2) is 11.0. The third-order valence-corrected chi connectivity index (χ3v) is 6.69. The van der Waals surface area contributed by atoms with Crippen molar-refractivity contribution in [3.63, 3.8) is 0 Å². The van der Waals surface area contributed by atoms with Crippen LogP contribution in [-0.2, 0) is 10.2 Å². The van der Waals surface area contributed by atoms with Crippen molar-refractivity contribution in [2.75, 3.05) is 45.9 Å². The van der Waals surface area contributed by atoms with Gasteiger partial charge in [0.15, 0.2) is 5.96 Å². The highest BCUT2D eigenvalue weighted by molar-refractivity contribution is 5.79. The Hall–Kier alpha value is -2.38. The first kappa shape index (κ1) is 22.8. The summed E-state index contributed by atoms with van der Waals surface area (Å²) in [5, 5.41) is 6.92. The molecule has 174 valence electrons. The number of nitrogens with one attached hydrogen (secondary N) is 2. The van der Waals surface area contributed by atoms with Crippen molar-refractivity contribution >= 4 is 5.96 Å². The van der Waals surface area contributed by atoms with Crippen LogP contribution in [-0.4, -0.2) is 56.8 Å². The van der Waals surface area contributed by atoms with Crippen LogP contribution in [0, 0.1) is 5.82 Å². The van der Waals surface area contributed by atoms with E-state index in [9.17, 15) is 4.39 Å². The number of ether oxygens (including phenoxy) is 1. The summed E-state index contributed by atoms with van der Waals surface area (Å²) in [6.45, 7) is 7.67. The molecule has 2 aliphatic rings. The molecule has 2 fully saturated rings. The molecule has 1 aromatic carbocycles. The van der Waals surface area contributed by atoms with Gasteiger partial charge >= 0.3 is 0 Å². The van der Waals surface area contributed by atoms with E-state index >= 15 is 0 Å². The minimum atomic E-state index is -0.210. The summed E-state index contributed by atoms with van der Waals surface area (Å²) >= 11 is 0. The van der Waals surface area contributed by atoms with E-state index in [1.54, 1.807) is 18.4 Å². The SMILES string of the molecule is CCNC(=NCC1(c2cccc(F)c2)CCOCC1)NCC(c1ccco1)N1CCCC1. The maximum Gasteiger partial charge on any atom is 0.191 e. The third-order valence-electron chi connectivity index (χ3n) is 6.69. The number of nitrogens with zero attached hydrogens (tertiary/aromatic N) is 2. The molecule has 4 rings (SSSR count). The first-order valence-electron chi connectivity index (χ1n) is 11.8. The van der Waals surface area contributed by atoms with E-state index < -0.39 is 0 Å². The Morgan fingerprint density at radius 3 is 2.66 bits per heavy atom. The zero-order valence-corrected chi connectivity index (χ0v) is 19.0. The molecule has 2 N–H and O–H groups in total. The van der Waals surface area contributed by atoms with Crippen molar-refractivity contribution in [2.24, 2.45) is 4.99 Å². The van der Waals surface area contributed by atoms with Crippen molar-refractivity contribution in [3.05, 3.63) is 59.8 Å². The maximum absolute atomic E-state index is 14.0. The monoisotopic (exact) mass is 442 g/mol. The first-order chi connectivity index (χ1) is 15.7. The van der Waals surface area contributed by atoms with E-state index in [0.717, 1.165) is 56.3 Å². The first-order valence-corrected chi connectivity index (χ1v) is 11.8. The second-order valence-corrected chi connectivity index (χ2v) is 8.75. The molecule has 0 saturated carbocycles. The Labute approximate surface area is 190 Å². The van der Waals surface area contributed by atoms with E-state index in [1.807, 2.05) is 12.1 Å². The van der Waals surface area contributed by atoms with E-state index in [-0.39, 0.29) is 17.3 Å². The lowest BCUT2D eigenvalue weighted by Gasteiger charge is -2.36. The van der Waals surface area contributed by atoms with Crippen LogP contribution < -0.4 is 10.6 Å². The molecule has 2 aromatic rings. The summed E-state index contributed by atoms with van der Waals surface area (Å²) in [4.78, 5) is 7.44. The summed E-state index contributed by atoms with van der Waals surface area (Å²) in [5.74, 6) is 1.57. The number of furan rings is 1. The van der Waals surface area contributed by atoms with Gasteiger partial charge in [0, 0.05) is 31.7 Å². The van der Waals surface area contributed by atoms with Gasteiger partial charge in [0.1, 0.15) is 11.6 Å². The van der Waals surface area contributed by atoms with Crippen LogP contribution in [0.5, 0.6) is 0 Å². The van der Waals surface area contributed by atoms with Crippen molar-refractivity contribution in [2.45, 2.75) is 44.1 Å². The summed E-state index contributed by atoms with van der Waals surface area (Å²) in [5.41, 5.74) is 0.795. The number of benzene rings is 1. The zero-order valence-electron chi connectivity index (χ0n) is 19.0. The van der Waals surface area contributed by atoms with Gasteiger partial charge in [-0.1, -0.05) is 12.1 Å². The molecule has 1 atom stereocenters. The quantitative estimate of drug-likeness (QED) is 0.480. The fraction of sp³-hybridized carbons (Fsp3) is 0.560. The predicted molar refractivity (Wildman–Crippen MR) is 124 cm³/mol. The number of halogens is 1. The van der Waals surface area contributed by atoms with E-state index in [1.165, 1.54) is 18.9 Å². The molecule has 7 heteroatoms. The molecule has 0 amide bonds. The Morgan fingerprint density at radius 2 is 1.97 bits per heavy atom. The average Bonchev–Trinajstić information content (AvgIpc) is 3.53. The average molecular weight is 443 g/mol. The smallest absolute Gasteiger partial charge is 0.191 e. The molecule has 0 aliphatic carbocycles. The van der Waals surface area contributed by atoms with E-state index in [0.29, 0.717) is 19.8 Å². The number of guanidine groups is 1. The van der Waals surface area contributed by atoms with Crippen LogP contribution in [0.15, 0.2) is 52.1 Å². The Bertz CT molecular complexity index is 859. The van der Waals surface area contributed by atoms with E-state index in [2.05, 4.69) is 28.5 Å². The van der Waals surface area contributed by atoms with Crippen molar-refractivity contribution in [1.82, 2.24) is 15.5 Å². The molecule has 6 nitrogen and oxygen atoms in total. The Balaban J connectivity index is 1.49. The number of hydrogen-bond acceptors (Lipinski definition) is 4. The Morgan fingerprint density at radius 1 is 1.16 bits per heavy atom. The van der Waals surface area contributed by atoms with Crippen LogP contribution >= 0.6 is 0 Å². The number of aliphatic imine (C=N–C) groups is 1. The zero-order chi connectivity index (χ0) is 22.2. The molecular weight excluding hydrogens is 407 g/mol. The van der Waals surface area contributed by atoms with E-state index in [4.69, 9.17) is 14.1 Å². The summed E-state index contributed by atoms with van der Waals surface area (Å²) < 4.78 is 25.4. The molecule has 0 bridgehead atoms. The highest BCUT2D eigenvalue weighted by Crippen LogP contribution is 2.35. The molecule has 2 saturated heterocycles. The number of hydrogen-bond donors (Lipinski definition) is 2. The molecular formula is C25H35FN4O2. The maximum atomic E-state index is 14.0. The fourth-order valence-electron chi connectivity index (χ4n) is 4.83. The van der Waals surface area contributed by atoms with Gasteiger partial charge in [0.25, 0.3) is 0 Å². The van der Waals surface area contributed by atoms with Gasteiger partial charge in [0.05, 0.1) is 18.8 Å². The minimum Gasteiger partial charge on any atom is -0.468 e. The van der Waals surface area contributed by atoms with Crippen LogP contribution in [0.4, 0.5) is 4.39 Å².